The van der Waals surface area contributed by atoms with Crippen LogP contribution in [0.25, 0.3) is 21.8 Å². The molecule has 0 saturated carbocycles. The summed E-state index contributed by atoms with van der Waals surface area (Å²) in [7, 11) is 0. The lowest BCUT2D eigenvalue weighted by Gasteiger charge is -2.11. The molecule has 0 radical (unpaired) electrons. The predicted octanol–water partition coefficient (Wildman–Crippen LogP) is 6.83. The zero-order valence-corrected chi connectivity index (χ0v) is 15.6. The van der Waals surface area contributed by atoms with Crippen molar-refractivity contribution in [2.45, 2.75) is 6.61 Å². The summed E-state index contributed by atoms with van der Waals surface area (Å²) in [6, 6.07) is 28.0. The van der Waals surface area contributed by atoms with Gasteiger partial charge in [-0.25, -0.2) is 4.39 Å². The lowest BCUT2D eigenvalue weighted by molar-refractivity contribution is 0.308. The van der Waals surface area contributed by atoms with E-state index < -0.39 is 0 Å². The number of hydrogen-bond acceptors (Lipinski definition) is 2. The monoisotopic (exact) mass is 383 g/mol. The van der Waals surface area contributed by atoms with E-state index in [4.69, 9.17) is 9.47 Å². The van der Waals surface area contributed by atoms with Crippen LogP contribution in [0.4, 0.5) is 4.39 Å². The molecule has 0 spiro atoms. The summed E-state index contributed by atoms with van der Waals surface area (Å²) in [5.41, 5.74) is 2.74. The quantitative estimate of drug-likeness (QED) is 0.361. The molecule has 0 aliphatic rings. The highest BCUT2D eigenvalue weighted by molar-refractivity contribution is 6.09. The van der Waals surface area contributed by atoms with Crippen LogP contribution in [0.1, 0.15) is 5.56 Å². The number of nitrogens with one attached hydrogen (secondary N) is 1. The molecule has 0 fully saturated rings. The van der Waals surface area contributed by atoms with Crippen molar-refractivity contribution in [1.29, 1.82) is 0 Å². The lowest BCUT2D eigenvalue weighted by atomic mass is 10.1. The number of benzene rings is 4. The average Bonchev–Trinajstić information content (AvgIpc) is 3.11. The normalized spacial score (nSPS) is 11.1. The SMILES string of the molecule is Fc1ccc2[nH]c3c(OCc4ccccc4)cc(Oc4ccccc4)cc3c2c1. The van der Waals surface area contributed by atoms with Gasteiger partial charge in [0, 0.05) is 22.4 Å². The number of hydrogen-bond donors (Lipinski definition) is 1. The van der Waals surface area contributed by atoms with Gasteiger partial charge in [-0.05, 0) is 42.0 Å². The van der Waals surface area contributed by atoms with Gasteiger partial charge >= 0.3 is 0 Å². The molecule has 3 nitrogen and oxygen atoms in total. The topological polar surface area (TPSA) is 34.2 Å². The van der Waals surface area contributed by atoms with Crippen molar-refractivity contribution in [2.75, 3.05) is 0 Å². The number of aromatic amines is 1. The smallest absolute Gasteiger partial charge is 0.147 e. The van der Waals surface area contributed by atoms with E-state index in [2.05, 4.69) is 4.98 Å². The molecule has 1 heterocycles. The molecule has 0 unspecified atom stereocenters. The summed E-state index contributed by atoms with van der Waals surface area (Å²) in [6.07, 6.45) is 0. The Labute approximate surface area is 167 Å². The van der Waals surface area contributed by atoms with Gasteiger partial charge in [-0.3, -0.25) is 0 Å². The average molecular weight is 383 g/mol. The second-order valence-corrected chi connectivity index (χ2v) is 6.85. The predicted molar refractivity (Wildman–Crippen MR) is 113 cm³/mol. The zero-order valence-electron chi connectivity index (χ0n) is 15.6. The minimum absolute atomic E-state index is 0.278. The van der Waals surface area contributed by atoms with Gasteiger partial charge in [0.1, 0.15) is 29.7 Å². The first-order valence-electron chi connectivity index (χ1n) is 9.41. The van der Waals surface area contributed by atoms with Crippen molar-refractivity contribution >= 4 is 21.8 Å². The van der Waals surface area contributed by atoms with E-state index >= 15 is 0 Å². The maximum Gasteiger partial charge on any atom is 0.147 e. The Morgan fingerprint density at radius 3 is 2.28 bits per heavy atom. The lowest BCUT2D eigenvalue weighted by Crippen LogP contribution is -1.96. The maximum atomic E-state index is 13.9. The molecular formula is C25H18FNO2. The van der Waals surface area contributed by atoms with Gasteiger partial charge in [-0.15, -0.1) is 0 Å². The summed E-state index contributed by atoms with van der Waals surface area (Å²) in [4.78, 5) is 3.35. The third-order valence-electron chi connectivity index (χ3n) is 4.82. The van der Waals surface area contributed by atoms with Crippen LogP contribution in [0, 0.1) is 5.82 Å². The third-order valence-corrected chi connectivity index (χ3v) is 4.82. The van der Waals surface area contributed by atoms with E-state index in [0.29, 0.717) is 18.1 Å². The van der Waals surface area contributed by atoms with Crippen LogP contribution in [-0.2, 0) is 6.61 Å². The van der Waals surface area contributed by atoms with E-state index in [1.165, 1.54) is 12.1 Å². The van der Waals surface area contributed by atoms with Crippen LogP contribution >= 0.6 is 0 Å². The van der Waals surface area contributed by atoms with E-state index in [0.717, 1.165) is 33.1 Å². The highest BCUT2D eigenvalue weighted by Crippen LogP contribution is 2.37. The maximum absolute atomic E-state index is 13.9. The molecule has 1 N–H and O–H groups in total. The number of aromatic nitrogens is 1. The first-order valence-corrected chi connectivity index (χ1v) is 9.41. The summed E-state index contributed by atoms with van der Waals surface area (Å²) in [5.74, 6) is 1.75. The first kappa shape index (κ1) is 17.3. The second kappa shape index (κ2) is 7.32. The number of fused-ring (bicyclic) bond motifs is 3. The Hall–Kier alpha value is -3.79. The largest absolute Gasteiger partial charge is 0.487 e. The number of H-pyrrole nitrogens is 1. The van der Waals surface area contributed by atoms with E-state index in [1.807, 2.05) is 72.8 Å². The second-order valence-electron chi connectivity index (χ2n) is 6.85. The fraction of sp³-hybridized carbons (Fsp3) is 0.0400. The minimum atomic E-state index is -0.278. The van der Waals surface area contributed by atoms with Crippen LogP contribution in [0.2, 0.25) is 0 Å². The summed E-state index contributed by atoms with van der Waals surface area (Å²) in [6.45, 7) is 0.425. The Morgan fingerprint density at radius 1 is 0.724 bits per heavy atom. The number of para-hydroxylation sites is 1. The molecule has 4 aromatic carbocycles. The van der Waals surface area contributed by atoms with Gasteiger partial charge < -0.3 is 14.5 Å². The molecule has 0 saturated heterocycles. The Kier molecular flexibility index (Phi) is 4.37. The highest BCUT2D eigenvalue weighted by atomic mass is 19.1. The van der Waals surface area contributed by atoms with E-state index in [-0.39, 0.29) is 5.82 Å². The summed E-state index contributed by atoms with van der Waals surface area (Å²) >= 11 is 0. The number of ether oxygens (including phenoxy) is 2. The molecule has 5 rings (SSSR count). The Balaban J connectivity index is 1.61. The van der Waals surface area contributed by atoms with Gasteiger partial charge in [-0.2, -0.15) is 0 Å². The molecule has 0 aliphatic heterocycles. The third kappa shape index (κ3) is 3.52. The number of halogens is 1. The Bertz CT molecular complexity index is 1280. The number of rotatable bonds is 5. The van der Waals surface area contributed by atoms with Gasteiger partial charge in [0.2, 0.25) is 0 Å². The highest BCUT2D eigenvalue weighted by Gasteiger charge is 2.14. The van der Waals surface area contributed by atoms with Gasteiger partial charge in [0.15, 0.2) is 0 Å². The molecule has 29 heavy (non-hydrogen) atoms. The van der Waals surface area contributed by atoms with Crippen molar-refractivity contribution in [2.24, 2.45) is 0 Å². The van der Waals surface area contributed by atoms with Gasteiger partial charge in [-0.1, -0.05) is 48.5 Å². The molecule has 1 aromatic heterocycles. The van der Waals surface area contributed by atoms with Crippen LogP contribution in [0.15, 0.2) is 91.0 Å². The van der Waals surface area contributed by atoms with Crippen molar-refractivity contribution in [3.63, 3.8) is 0 Å². The molecule has 0 aliphatic carbocycles. The molecule has 0 atom stereocenters. The van der Waals surface area contributed by atoms with Crippen LogP contribution in [0.5, 0.6) is 17.2 Å². The summed E-state index contributed by atoms with van der Waals surface area (Å²) in [5, 5.41) is 1.65. The summed E-state index contributed by atoms with van der Waals surface area (Å²) < 4.78 is 26.1. The van der Waals surface area contributed by atoms with Crippen LogP contribution in [0.3, 0.4) is 0 Å². The molecule has 5 aromatic rings. The first-order chi connectivity index (χ1) is 14.3. The van der Waals surface area contributed by atoms with E-state index in [1.54, 1.807) is 6.07 Å². The van der Waals surface area contributed by atoms with Crippen LogP contribution < -0.4 is 9.47 Å². The van der Waals surface area contributed by atoms with Crippen molar-refractivity contribution in [3.05, 3.63) is 102 Å². The molecular weight excluding hydrogens is 365 g/mol. The zero-order chi connectivity index (χ0) is 19.6. The van der Waals surface area contributed by atoms with Gasteiger partial charge in [0.25, 0.3) is 0 Å². The molecule has 0 bridgehead atoms. The van der Waals surface area contributed by atoms with Crippen molar-refractivity contribution in [1.82, 2.24) is 4.98 Å². The fourth-order valence-electron chi connectivity index (χ4n) is 3.45. The molecule has 4 heteroatoms. The molecule has 142 valence electrons. The molecule has 0 amide bonds. The van der Waals surface area contributed by atoms with Gasteiger partial charge in [0.05, 0.1) is 5.52 Å². The van der Waals surface area contributed by atoms with Crippen LogP contribution in [-0.4, -0.2) is 4.98 Å². The standard InChI is InChI=1S/C25H18FNO2/c26-18-11-12-23-21(13-18)22-14-20(29-19-9-5-2-6-10-19)15-24(25(22)27-23)28-16-17-7-3-1-4-8-17/h1-15,27H,16H2. The Morgan fingerprint density at radius 2 is 1.48 bits per heavy atom. The minimum Gasteiger partial charge on any atom is -0.487 e. The van der Waals surface area contributed by atoms with Crippen molar-refractivity contribution in [3.8, 4) is 17.2 Å². The van der Waals surface area contributed by atoms with Crippen molar-refractivity contribution < 1.29 is 13.9 Å². The van der Waals surface area contributed by atoms with E-state index in [9.17, 15) is 4.39 Å². The fourth-order valence-corrected chi connectivity index (χ4v) is 3.45.